The summed E-state index contributed by atoms with van der Waals surface area (Å²) >= 11 is 0. The first-order valence-corrected chi connectivity index (χ1v) is 6.95. The van der Waals surface area contributed by atoms with Crippen LogP contribution in [0.5, 0.6) is 5.75 Å². The van der Waals surface area contributed by atoms with Crippen LogP contribution in [0.25, 0.3) is 0 Å². The largest absolute Gasteiger partial charge is 0.494 e. The molecular formula is C15H26N2O. The Morgan fingerprint density at radius 3 is 2.83 bits per heavy atom. The molecule has 1 aromatic rings. The van der Waals surface area contributed by atoms with Gasteiger partial charge in [0.2, 0.25) is 0 Å². The Morgan fingerprint density at radius 2 is 2.17 bits per heavy atom. The minimum atomic E-state index is 0.495. The van der Waals surface area contributed by atoms with Crippen molar-refractivity contribution < 1.29 is 4.74 Å². The SMILES string of the molecule is CCCOc1cccc(CC(CC)NCCN)c1. The molecule has 0 aliphatic rings. The lowest BCUT2D eigenvalue weighted by molar-refractivity contribution is 0.317. The summed E-state index contributed by atoms with van der Waals surface area (Å²) in [6.07, 6.45) is 3.18. The monoisotopic (exact) mass is 250 g/mol. The molecule has 1 unspecified atom stereocenters. The minimum Gasteiger partial charge on any atom is -0.494 e. The Hall–Kier alpha value is -1.06. The standard InChI is InChI=1S/C15H26N2O/c1-3-10-18-15-7-5-6-13(12-15)11-14(4-2)17-9-8-16/h5-7,12,14,17H,3-4,8-11,16H2,1-2H3. The van der Waals surface area contributed by atoms with Crippen LogP contribution in [0.2, 0.25) is 0 Å². The predicted octanol–water partition coefficient (Wildman–Crippen LogP) is 2.34. The maximum absolute atomic E-state index is 5.65. The van der Waals surface area contributed by atoms with E-state index in [0.717, 1.165) is 38.2 Å². The van der Waals surface area contributed by atoms with Crippen LogP contribution in [0.15, 0.2) is 24.3 Å². The van der Waals surface area contributed by atoms with Gasteiger partial charge in [-0.15, -0.1) is 0 Å². The van der Waals surface area contributed by atoms with E-state index in [9.17, 15) is 0 Å². The molecule has 0 aliphatic carbocycles. The summed E-state index contributed by atoms with van der Waals surface area (Å²) in [5.41, 5.74) is 6.84. The molecule has 3 N–H and O–H groups in total. The third kappa shape index (κ3) is 5.52. The third-order valence-electron chi connectivity index (χ3n) is 2.92. The van der Waals surface area contributed by atoms with Gasteiger partial charge in [0.05, 0.1) is 6.61 Å². The fourth-order valence-corrected chi connectivity index (χ4v) is 1.91. The highest BCUT2D eigenvalue weighted by atomic mass is 16.5. The summed E-state index contributed by atoms with van der Waals surface area (Å²) in [5, 5.41) is 3.46. The lowest BCUT2D eigenvalue weighted by Gasteiger charge is -2.17. The Balaban J connectivity index is 2.53. The van der Waals surface area contributed by atoms with E-state index in [2.05, 4.69) is 37.4 Å². The number of hydrogen-bond acceptors (Lipinski definition) is 3. The van der Waals surface area contributed by atoms with Gasteiger partial charge in [0, 0.05) is 19.1 Å². The highest BCUT2D eigenvalue weighted by Gasteiger charge is 2.06. The first-order valence-electron chi connectivity index (χ1n) is 6.95. The average Bonchev–Trinajstić information content (AvgIpc) is 2.41. The summed E-state index contributed by atoms with van der Waals surface area (Å²) in [6, 6.07) is 8.88. The smallest absolute Gasteiger partial charge is 0.119 e. The molecule has 3 heteroatoms. The van der Waals surface area contributed by atoms with Crippen molar-refractivity contribution >= 4 is 0 Å². The van der Waals surface area contributed by atoms with Crippen LogP contribution in [0.4, 0.5) is 0 Å². The summed E-state index contributed by atoms with van der Waals surface area (Å²) in [7, 11) is 0. The molecular weight excluding hydrogens is 224 g/mol. The fraction of sp³-hybridized carbons (Fsp3) is 0.600. The molecule has 0 aromatic heterocycles. The van der Waals surface area contributed by atoms with Crippen molar-refractivity contribution in [3.8, 4) is 5.75 Å². The molecule has 0 amide bonds. The number of rotatable bonds is 9. The number of ether oxygens (including phenoxy) is 1. The Labute approximate surface area is 111 Å². The number of nitrogens with two attached hydrogens (primary N) is 1. The van der Waals surface area contributed by atoms with Gasteiger partial charge in [-0.25, -0.2) is 0 Å². The van der Waals surface area contributed by atoms with Crippen molar-refractivity contribution in [3.63, 3.8) is 0 Å². The zero-order valence-electron chi connectivity index (χ0n) is 11.6. The molecule has 1 atom stereocenters. The van der Waals surface area contributed by atoms with Crippen molar-refractivity contribution in [2.75, 3.05) is 19.7 Å². The second-order valence-corrected chi connectivity index (χ2v) is 4.55. The molecule has 0 aliphatic heterocycles. The van der Waals surface area contributed by atoms with Crippen molar-refractivity contribution in [2.45, 2.75) is 39.2 Å². The molecule has 0 spiro atoms. The molecule has 0 radical (unpaired) electrons. The fourth-order valence-electron chi connectivity index (χ4n) is 1.91. The normalized spacial score (nSPS) is 12.4. The van der Waals surface area contributed by atoms with Crippen LogP contribution >= 0.6 is 0 Å². The average molecular weight is 250 g/mol. The Bertz CT molecular complexity index is 328. The number of nitrogens with one attached hydrogen (secondary N) is 1. The van der Waals surface area contributed by atoms with Gasteiger partial charge in [-0.05, 0) is 37.0 Å². The van der Waals surface area contributed by atoms with Crippen molar-refractivity contribution in [3.05, 3.63) is 29.8 Å². The molecule has 1 rings (SSSR count). The quantitative estimate of drug-likeness (QED) is 0.707. The highest BCUT2D eigenvalue weighted by Crippen LogP contribution is 2.15. The molecule has 0 saturated heterocycles. The van der Waals surface area contributed by atoms with Crippen LogP contribution in [0.3, 0.4) is 0 Å². The maximum Gasteiger partial charge on any atom is 0.119 e. The van der Waals surface area contributed by atoms with Crippen LogP contribution in [-0.2, 0) is 6.42 Å². The molecule has 18 heavy (non-hydrogen) atoms. The number of hydrogen-bond donors (Lipinski definition) is 2. The Morgan fingerprint density at radius 1 is 1.33 bits per heavy atom. The number of benzene rings is 1. The molecule has 0 bridgehead atoms. The first-order chi connectivity index (χ1) is 8.80. The maximum atomic E-state index is 5.65. The van der Waals surface area contributed by atoms with Crippen LogP contribution in [0, 0.1) is 0 Å². The zero-order chi connectivity index (χ0) is 13.2. The van der Waals surface area contributed by atoms with Gasteiger partial charge >= 0.3 is 0 Å². The van der Waals surface area contributed by atoms with Crippen LogP contribution < -0.4 is 15.8 Å². The third-order valence-corrected chi connectivity index (χ3v) is 2.92. The lowest BCUT2D eigenvalue weighted by atomic mass is 10.0. The molecule has 3 nitrogen and oxygen atoms in total. The zero-order valence-corrected chi connectivity index (χ0v) is 11.6. The molecule has 1 aromatic carbocycles. The molecule has 0 saturated carbocycles. The second kappa shape index (κ2) is 8.95. The van der Waals surface area contributed by atoms with E-state index in [1.807, 2.05) is 6.07 Å². The van der Waals surface area contributed by atoms with Crippen LogP contribution in [-0.4, -0.2) is 25.7 Å². The lowest BCUT2D eigenvalue weighted by Crippen LogP contribution is -2.34. The van der Waals surface area contributed by atoms with Gasteiger partial charge in [-0.3, -0.25) is 0 Å². The van der Waals surface area contributed by atoms with Crippen LogP contribution in [0.1, 0.15) is 32.3 Å². The summed E-state index contributed by atoms with van der Waals surface area (Å²) in [6.45, 7) is 6.67. The topological polar surface area (TPSA) is 47.3 Å². The van der Waals surface area contributed by atoms with Crippen molar-refractivity contribution in [1.29, 1.82) is 0 Å². The summed E-state index contributed by atoms with van der Waals surface area (Å²) in [5.74, 6) is 0.975. The van der Waals surface area contributed by atoms with E-state index in [0.29, 0.717) is 12.6 Å². The van der Waals surface area contributed by atoms with E-state index in [4.69, 9.17) is 10.5 Å². The second-order valence-electron chi connectivity index (χ2n) is 4.55. The van der Waals surface area contributed by atoms with Gasteiger partial charge in [-0.2, -0.15) is 0 Å². The Kier molecular flexibility index (Phi) is 7.46. The van der Waals surface area contributed by atoms with E-state index in [1.165, 1.54) is 5.56 Å². The highest BCUT2D eigenvalue weighted by molar-refractivity contribution is 5.29. The minimum absolute atomic E-state index is 0.495. The van der Waals surface area contributed by atoms with Crippen molar-refractivity contribution in [2.24, 2.45) is 5.73 Å². The van der Waals surface area contributed by atoms with E-state index < -0.39 is 0 Å². The molecule has 0 fully saturated rings. The van der Waals surface area contributed by atoms with Gasteiger partial charge < -0.3 is 15.8 Å². The summed E-state index contributed by atoms with van der Waals surface area (Å²) in [4.78, 5) is 0. The molecule has 0 heterocycles. The van der Waals surface area contributed by atoms with E-state index in [-0.39, 0.29) is 0 Å². The van der Waals surface area contributed by atoms with Gasteiger partial charge in [0.1, 0.15) is 5.75 Å². The van der Waals surface area contributed by atoms with Gasteiger partial charge in [0.25, 0.3) is 0 Å². The van der Waals surface area contributed by atoms with Gasteiger partial charge in [0.15, 0.2) is 0 Å². The predicted molar refractivity (Wildman–Crippen MR) is 77.1 cm³/mol. The van der Waals surface area contributed by atoms with E-state index >= 15 is 0 Å². The first kappa shape index (κ1) is 15.0. The summed E-state index contributed by atoms with van der Waals surface area (Å²) < 4.78 is 5.65. The van der Waals surface area contributed by atoms with Crippen molar-refractivity contribution in [1.82, 2.24) is 5.32 Å². The molecule has 102 valence electrons. The van der Waals surface area contributed by atoms with E-state index in [1.54, 1.807) is 0 Å². The van der Waals surface area contributed by atoms with Gasteiger partial charge in [-0.1, -0.05) is 26.0 Å².